The Balaban J connectivity index is 2.16. The number of hydrogen-bond donors (Lipinski definition) is 0. The number of rotatable bonds is 3. The lowest BCUT2D eigenvalue weighted by atomic mass is 10.1. The summed E-state index contributed by atoms with van der Waals surface area (Å²) in [5.41, 5.74) is 2.00. The topological polar surface area (TPSA) is 27.0 Å². The van der Waals surface area contributed by atoms with Crippen molar-refractivity contribution in [1.29, 1.82) is 5.26 Å². The van der Waals surface area contributed by atoms with E-state index in [9.17, 15) is 0 Å². The summed E-state index contributed by atoms with van der Waals surface area (Å²) in [7, 11) is 0. The van der Waals surface area contributed by atoms with Crippen LogP contribution in [0.2, 0.25) is 0 Å². The molecular formula is C14H18N2. The van der Waals surface area contributed by atoms with Crippen LogP contribution in [-0.2, 0) is 0 Å². The van der Waals surface area contributed by atoms with Gasteiger partial charge in [0.15, 0.2) is 0 Å². The molecule has 16 heavy (non-hydrogen) atoms. The van der Waals surface area contributed by atoms with Crippen molar-refractivity contribution in [3.8, 4) is 6.07 Å². The molecule has 84 valence electrons. The van der Waals surface area contributed by atoms with Crippen LogP contribution in [0.1, 0.15) is 38.2 Å². The number of nitrogens with zero attached hydrogens (tertiary/aromatic N) is 2. The standard InChI is InChI=1S/C14H18N2/c1-2-16(13-5-3-4-6-13)14-9-7-12(11-15)8-10-14/h7-10,13H,2-6H2,1H3. The van der Waals surface area contributed by atoms with Crippen molar-refractivity contribution in [2.45, 2.75) is 38.6 Å². The molecule has 2 rings (SSSR count). The molecule has 0 amide bonds. The van der Waals surface area contributed by atoms with Gasteiger partial charge in [-0.25, -0.2) is 0 Å². The third-order valence-electron chi connectivity index (χ3n) is 3.43. The van der Waals surface area contributed by atoms with Crippen LogP contribution in [0, 0.1) is 11.3 Å². The summed E-state index contributed by atoms with van der Waals surface area (Å²) >= 11 is 0. The monoisotopic (exact) mass is 214 g/mol. The van der Waals surface area contributed by atoms with E-state index in [2.05, 4.69) is 30.0 Å². The van der Waals surface area contributed by atoms with Crippen molar-refractivity contribution in [2.75, 3.05) is 11.4 Å². The van der Waals surface area contributed by atoms with Crippen molar-refractivity contribution in [3.05, 3.63) is 29.8 Å². The van der Waals surface area contributed by atoms with Crippen molar-refractivity contribution in [2.24, 2.45) is 0 Å². The number of hydrogen-bond acceptors (Lipinski definition) is 2. The first-order valence-corrected chi connectivity index (χ1v) is 6.12. The molecule has 0 radical (unpaired) electrons. The summed E-state index contributed by atoms with van der Waals surface area (Å²) < 4.78 is 0. The van der Waals surface area contributed by atoms with Crippen LogP contribution in [0.15, 0.2) is 24.3 Å². The van der Waals surface area contributed by atoms with E-state index in [0.717, 1.165) is 12.1 Å². The fraction of sp³-hybridized carbons (Fsp3) is 0.500. The van der Waals surface area contributed by atoms with E-state index in [1.54, 1.807) is 0 Å². The summed E-state index contributed by atoms with van der Waals surface area (Å²) in [6.45, 7) is 3.26. The first kappa shape index (κ1) is 11.0. The molecular weight excluding hydrogens is 196 g/mol. The molecule has 0 N–H and O–H groups in total. The van der Waals surface area contributed by atoms with Gasteiger partial charge in [0.2, 0.25) is 0 Å². The summed E-state index contributed by atoms with van der Waals surface area (Å²) in [5.74, 6) is 0. The molecule has 0 aromatic heterocycles. The van der Waals surface area contributed by atoms with Crippen LogP contribution in [0.25, 0.3) is 0 Å². The smallest absolute Gasteiger partial charge is 0.0991 e. The Morgan fingerprint density at radius 2 is 1.88 bits per heavy atom. The molecule has 1 aliphatic rings. The quantitative estimate of drug-likeness (QED) is 0.771. The first-order chi connectivity index (χ1) is 7.85. The Morgan fingerprint density at radius 3 is 2.38 bits per heavy atom. The zero-order valence-electron chi connectivity index (χ0n) is 9.82. The Bertz CT molecular complexity index is 369. The molecule has 0 spiro atoms. The van der Waals surface area contributed by atoms with Crippen LogP contribution >= 0.6 is 0 Å². The summed E-state index contributed by atoms with van der Waals surface area (Å²) in [6, 6.07) is 10.8. The minimum Gasteiger partial charge on any atom is -0.369 e. The van der Waals surface area contributed by atoms with Crippen LogP contribution < -0.4 is 4.90 Å². The molecule has 0 bridgehead atoms. The maximum absolute atomic E-state index is 8.77. The fourth-order valence-electron chi connectivity index (χ4n) is 2.59. The zero-order chi connectivity index (χ0) is 11.4. The highest BCUT2D eigenvalue weighted by molar-refractivity contribution is 5.50. The maximum atomic E-state index is 8.77. The van der Waals surface area contributed by atoms with Gasteiger partial charge in [-0.15, -0.1) is 0 Å². The van der Waals surface area contributed by atoms with Gasteiger partial charge in [-0.1, -0.05) is 12.8 Å². The lowest BCUT2D eigenvalue weighted by Crippen LogP contribution is -2.32. The highest BCUT2D eigenvalue weighted by Crippen LogP contribution is 2.28. The molecule has 0 unspecified atom stereocenters. The van der Waals surface area contributed by atoms with Crippen LogP contribution in [-0.4, -0.2) is 12.6 Å². The minimum absolute atomic E-state index is 0.706. The Morgan fingerprint density at radius 1 is 1.25 bits per heavy atom. The van der Waals surface area contributed by atoms with Gasteiger partial charge >= 0.3 is 0 Å². The van der Waals surface area contributed by atoms with Gasteiger partial charge in [-0.05, 0) is 44.0 Å². The third kappa shape index (κ3) is 2.19. The van der Waals surface area contributed by atoms with Crippen LogP contribution in [0.4, 0.5) is 5.69 Å². The third-order valence-corrected chi connectivity index (χ3v) is 3.43. The lowest BCUT2D eigenvalue weighted by molar-refractivity contribution is 0.620. The molecule has 2 nitrogen and oxygen atoms in total. The van der Waals surface area contributed by atoms with E-state index in [-0.39, 0.29) is 0 Å². The summed E-state index contributed by atoms with van der Waals surface area (Å²) in [5, 5.41) is 8.77. The average Bonchev–Trinajstić information content (AvgIpc) is 2.85. The first-order valence-electron chi connectivity index (χ1n) is 6.12. The minimum atomic E-state index is 0.706. The molecule has 0 aliphatic heterocycles. The fourth-order valence-corrected chi connectivity index (χ4v) is 2.59. The highest BCUT2D eigenvalue weighted by atomic mass is 15.2. The molecule has 0 heterocycles. The van der Waals surface area contributed by atoms with E-state index >= 15 is 0 Å². The highest BCUT2D eigenvalue weighted by Gasteiger charge is 2.21. The van der Waals surface area contributed by atoms with Crippen LogP contribution in [0.5, 0.6) is 0 Å². The molecule has 0 atom stereocenters. The van der Waals surface area contributed by atoms with Crippen molar-refractivity contribution in [3.63, 3.8) is 0 Å². The van der Waals surface area contributed by atoms with E-state index in [0.29, 0.717) is 6.04 Å². The SMILES string of the molecule is CCN(c1ccc(C#N)cc1)C1CCCC1. The van der Waals surface area contributed by atoms with Gasteiger partial charge in [-0.2, -0.15) is 5.26 Å². The second-order valence-electron chi connectivity index (χ2n) is 4.38. The molecule has 1 saturated carbocycles. The number of anilines is 1. The number of nitriles is 1. The second kappa shape index (κ2) is 5.03. The Hall–Kier alpha value is -1.49. The van der Waals surface area contributed by atoms with Crippen LogP contribution in [0.3, 0.4) is 0 Å². The van der Waals surface area contributed by atoms with Gasteiger partial charge in [0.05, 0.1) is 11.6 Å². The molecule has 1 aromatic rings. The summed E-state index contributed by atoms with van der Waals surface area (Å²) in [4.78, 5) is 2.47. The van der Waals surface area contributed by atoms with Gasteiger partial charge in [0, 0.05) is 18.3 Å². The largest absolute Gasteiger partial charge is 0.369 e. The Kier molecular flexibility index (Phi) is 3.46. The van der Waals surface area contributed by atoms with Gasteiger partial charge in [0.25, 0.3) is 0 Å². The van der Waals surface area contributed by atoms with E-state index < -0.39 is 0 Å². The zero-order valence-corrected chi connectivity index (χ0v) is 9.82. The van der Waals surface area contributed by atoms with Crippen molar-refractivity contribution < 1.29 is 0 Å². The Labute approximate surface area is 97.5 Å². The van der Waals surface area contributed by atoms with E-state index in [1.165, 1.54) is 31.4 Å². The molecule has 1 aliphatic carbocycles. The lowest BCUT2D eigenvalue weighted by Gasteiger charge is -2.29. The summed E-state index contributed by atoms with van der Waals surface area (Å²) in [6.07, 6.45) is 5.34. The molecule has 2 heteroatoms. The predicted molar refractivity (Wildman–Crippen MR) is 66.4 cm³/mol. The van der Waals surface area contributed by atoms with Gasteiger partial charge in [-0.3, -0.25) is 0 Å². The van der Waals surface area contributed by atoms with Crippen molar-refractivity contribution in [1.82, 2.24) is 0 Å². The van der Waals surface area contributed by atoms with Crippen molar-refractivity contribution >= 4 is 5.69 Å². The van der Waals surface area contributed by atoms with Gasteiger partial charge in [0.1, 0.15) is 0 Å². The van der Waals surface area contributed by atoms with Gasteiger partial charge < -0.3 is 4.90 Å². The molecule has 1 fully saturated rings. The molecule has 0 saturated heterocycles. The number of benzene rings is 1. The molecule has 1 aromatic carbocycles. The normalized spacial score (nSPS) is 16.0. The predicted octanol–water partition coefficient (Wildman–Crippen LogP) is 3.33. The maximum Gasteiger partial charge on any atom is 0.0991 e. The van der Waals surface area contributed by atoms with E-state index in [1.807, 2.05) is 12.1 Å². The second-order valence-corrected chi connectivity index (χ2v) is 4.38. The average molecular weight is 214 g/mol. The van der Waals surface area contributed by atoms with E-state index in [4.69, 9.17) is 5.26 Å².